The Morgan fingerprint density at radius 2 is 1.85 bits per heavy atom. The average molecular weight is 484 g/mol. The zero-order valence-corrected chi connectivity index (χ0v) is 18.6. The molecule has 2 atom stereocenters. The lowest BCUT2D eigenvalue weighted by atomic mass is 10.1. The highest BCUT2D eigenvalue weighted by Gasteiger charge is 2.34. The second-order valence-corrected chi connectivity index (χ2v) is 8.54. The first-order valence-electron chi connectivity index (χ1n) is 9.73. The number of alkyl halides is 3. The van der Waals surface area contributed by atoms with Crippen LogP contribution in [0.5, 0.6) is 5.75 Å². The molecule has 0 fully saturated rings. The molecule has 2 N–H and O–H groups in total. The Hall–Kier alpha value is -3.12. The molecule has 0 aliphatic rings. The van der Waals surface area contributed by atoms with E-state index in [9.17, 15) is 23.1 Å². The molecule has 12 heteroatoms. The van der Waals surface area contributed by atoms with Crippen molar-refractivity contribution in [3.63, 3.8) is 0 Å². The minimum Gasteiger partial charge on any atom is -0.491 e. The van der Waals surface area contributed by atoms with E-state index in [-0.39, 0.29) is 29.0 Å². The van der Waals surface area contributed by atoms with Crippen LogP contribution < -0.4 is 10.1 Å². The van der Waals surface area contributed by atoms with Gasteiger partial charge in [-0.15, -0.1) is 11.3 Å². The van der Waals surface area contributed by atoms with E-state index in [4.69, 9.17) is 4.74 Å². The number of aliphatic hydroxyl groups excluding tert-OH is 1. The summed E-state index contributed by atoms with van der Waals surface area (Å²) in [4.78, 5) is 24.4. The molecule has 2 heterocycles. The average Bonchev–Trinajstić information content (AvgIpc) is 3.18. The number of amides is 1. The van der Waals surface area contributed by atoms with Gasteiger partial charge in [-0.2, -0.15) is 13.2 Å². The van der Waals surface area contributed by atoms with Gasteiger partial charge in [-0.3, -0.25) is 4.79 Å². The molecular formula is C21H20F4N4O3S. The van der Waals surface area contributed by atoms with Gasteiger partial charge >= 0.3 is 6.18 Å². The number of benzene rings is 1. The molecule has 2 aromatic heterocycles. The summed E-state index contributed by atoms with van der Waals surface area (Å²) in [6, 6.07) is 1.76. The fraction of sp³-hybridized carbons (Fsp3) is 0.333. The number of aliphatic hydroxyl groups is 1. The molecule has 0 radical (unpaired) electrons. The molecule has 3 aromatic rings. The second kappa shape index (κ2) is 9.79. The predicted molar refractivity (Wildman–Crippen MR) is 112 cm³/mol. The van der Waals surface area contributed by atoms with Crippen molar-refractivity contribution < 1.29 is 32.2 Å². The van der Waals surface area contributed by atoms with Gasteiger partial charge in [0.2, 0.25) is 5.82 Å². The maximum atomic E-state index is 15.3. The monoisotopic (exact) mass is 484 g/mol. The van der Waals surface area contributed by atoms with E-state index < -0.39 is 35.9 Å². The van der Waals surface area contributed by atoms with Gasteiger partial charge in [0.15, 0.2) is 0 Å². The SMILES string of the molecule is Cc1cnc(-c2cc(OCC(C)O)cc(C(=O)NC(C)c3cnc(C(F)(F)F)nc3)c2F)s1. The van der Waals surface area contributed by atoms with E-state index >= 15 is 4.39 Å². The number of hydrogen-bond donors (Lipinski definition) is 2. The van der Waals surface area contributed by atoms with Gasteiger partial charge in [-0.05, 0) is 32.9 Å². The first kappa shape index (κ1) is 24.5. The lowest BCUT2D eigenvalue weighted by Gasteiger charge is -2.17. The number of carbonyl (C=O) groups excluding carboxylic acids is 1. The van der Waals surface area contributed by atoms with Gasteiger partial charge in [0.1, 0.15) is 23.2 Å². The van der Waals surface area contributed by atoms with E-state index in [1.165, 1.54) is 37.3 Å². The van der Waals surface area contributed by atoms with Crippen LogP contribution >= 0.6 is 11.3 Å². The molecular weight excluding hydrogens is 464 g/mol. The zero-order chi connectivity index (χ0) is 24.3. The lowest BCUT2D eigenvalue weighted by molar-refractivity contribution is -0.145. The zero-order valence-electron chi connectivity index (χ0n) is 17.8. The summed E-state index contributed by atoms with van der Waals surface area (Å²) in [5.41, 5.74) is -0.0958. The minimum atomic E-state index is -4.69. The number of ether oxygens (including phenoxy) is 1. The van der Waals surface area contributed by atoms with E-state index in [0.717, 1.165) is 17.3 Å². The molecule has 1 aromatic carbocycles. The van der Waals surface area contributed by atoms with Crippen molar-refractivity contribution in [3.8, 4) is 16.3 Å². The highest BCUT2D eigenvalue weighted by molar-refractivity contribution is 7.14. The number of thiazole rings is 1. The Kier molecular flexibility index (Phi) is 7.28. The predicted octanol–water partition coefficient (Wildman–Crippen LogP) is 4.32. The molecule has 0 aliphatic heterocycles. The molecule has 0 spiro atoms. The third kappa shape index (κ3) is 6.02. The topological polar surface area (TPSA) is 97.2 Å². The quantitative estimate of drug-likeness (QED) is 0.485. The Morgan fingerprint density at radius 1 is 1.18 bits per heavy atom. The van der Waals surface area contributed by atoms with Crippen LogP contribution in [0.15, 0.2) is 30.7 Å². The summed E-state index contributed by atoms with van der Waals surface area (Å²) >= 11 is 1.23. The summed E-state index contributed by atoms with van der Waals surface area (Å²) in [5.74, 6) is -2.81. The van der Waals surface area contributed by atoms with Crippen LogP contribution in [-0.4, -0.2) is 38.7 Å². The van der Waals surface area contributed by atoms with Crippen molar-refractivity contribution in [1.29, 1.82) is 0 Å². The lowest BCUT2D eigenvalue weighted by Crippen LogP contribution is -2.28. The van der Waals surface area contributed by atoms with Crippen LogP contribution in [0, 0.1) is 12.7 Å². The van der Waals surface area contributed by atoms with Gasteiger partial charge in [-0.1, -0.05) is 0 Å². The molecule has 7 nitrogen and oxygen atoms in total. The summed E-state index contributed by atoms with van der Waals surface area (Å²) in [5, 5.41) is 12.3. The fourth-order valence-electron chi connectivity index (χ4n) is 2.76. The molecule has 2 unspecified atom stereocenters. The Bertz CT molecular complexity index is 1130. The van der Waals surface area contributed by atoms with Gasteiger partial charge in [0, 0.05) is 29.0 Å². The number of rotatable bonds is 7. The Balaban J connectivity index is 1.89. The fourth-order valence-corrected chi connectivity index (χ4v) is 3.54. The van der Waals surface area contributed by atoms with Crippen LogP contribution in [0.3, 0.4) is 0 Å². The van der Waals surface area contributed by atoms with Gasteiger partial charge in [-0.25, -0.2) is 19.3 Å². The highest BCUT2D eigenvalue weighted by atomic mass is 32.1. The van der Waals surface area contributed by atoms with E-state index in [0.29, 0.717) is 5.01 Å². The number of aromatic nitrogens is 3. The second-order valence-electron chi connectivity index (χ2n) is 7.30. The van der Waals surface area contributed by atoms with E-state index in [1.54, 1.807) is 13.1 Å². The van der Waals surface area contributed by atoms with Crippen LogP contribution in [0.4, 0.5) is 17.6 Å². The largest absolute Gasteiger partial charge is 0.491 e. The molecule has 0 aliphatic carbocycles. The van der Waals surface area contributed by atoms with Crippen molar-refractivity contribution in [3.05, 3.63) is 58.4 Å². The first-order valence-corrected chi connectivity index (χ1v) is 10.5. The number of nitrogens with zero attached hydrogens (tertiary/aromatic N) is 3. The standard InChI is InChI=1S/C21H20F4N4O3S/c1-10(30)9-32-14-4-15(17(22)16(5-14)19-26-6-11(2)33-19)18(31)29-12(3)13-7-27-20(28-8-13)21(23,24)25/h4-8,10,12,30H,9H2,1-3H3,(H,29,31). The third-order valence-electron chi connectivity index (χ3n) is 4.41. The van der Waals surface area contributed by atoms with Crippen molar-refractivity contribution in [2.45, 2.75) is 39.1 Å². The van der Waals surface area contributed by atoms with Crippen molar-refractivity contribution in [2.24, 2.45) is 0 Å². The van der Waals surface area contributed by atoms with Gasteiger partial charge < -0.3 is 15.2 Å². The van der Waals surface area contributed by atoms with Crippen LogP contribution in [0.25, 0.3) is 10.6 Å². The van der Waals surface area contributed by atoms with E-state index in [1.807, 2.05) is 0 Å². The number of aryl methyl sites for hydroxylation is 1. The summed E-state index contributed by atoms with van der Waals surface area (Å²) in [6.07, 6.45) is -2.02. The molecule has 0 saturated carbocycles. The molecule has 176 valence electrons. The summed E-state index contributed by atoms with van der Waals surface area (Å²) in [6.45, 7) is 4.73. The molecule has 0 saturated heterocycles. The smallest absolute Gasteiger partial charge is 0.451 e. The van der Waals surface area contributed by atoms with Gasteiger partial charge in [0.05, 0.1) is 23.3 Å². The number of carbonyl (C=O) groups is 1. The maximum absolute atomic E-state index is 15.3. The summed E-state index contributed by atoms with van der Waals surface area (Å²) in [7, 11) is 0. The minimum absolute atomic E-state index is 0.0480. The van der Waals surface area contributed by atoms with Crippen LogP contribution in [0.1, 0.15) is 46.5 Å². The Morgan fingerprint density at radius 3 is 2.39 bits per heavy atom. The molecule has 0 bridgehead atoms. The third-order valence-corrected chi connectivity index (χ3v) is 5.35. The van der Waals surface area contributed by atoms with Crippen molar-refractivity contribution in [2.75, 3.05) is 6.61 Å². The van der Waals surface area contributed by atoms with Crippen molar-refractivity contribution in [1.82, 2.24) is 20.3 Å². The van der Waals surface area contributed by atoms with E-state index in [2.05, 4.69) is 20.3 Å². The van der Waals surface area contributed by atoms with Gasteiger partial charge in [0.25, 0.3) is 5.91 Å². The van der Waals surface area contributed by atoms with Crippen molar-refractivity contribution >= 4 is 17.2 Å². The Labute approximate surface area is 190 Å². The number of nitrogens with one attached hydrogen (secondary N) is 1. The molecule has 1 amide bonds. The number of halogens is 4. The molecule has 3 rings (SSSR count). The summed E-state index contributed by atoms with van der Waals surface area (Å²) < 4.78 is 58.7. The maximum Gasteiger partial charge on any atom is 0.451 e. The van der Waals surface area contributed by atoms with Crippen LogP contribution in [-0.2, 0) is 6.18 Å². The first-order chi connectivity index (χ1) is 15.5. The molecule has 33 heavy (non-hydrogen) atoms. The van der Waals surface area contributed by atoms with Crippen LogP contribution in [0.2, 0.25) is 0 Å². The normalized spacial score (nSPS) is 13.5. The number of hydrogen-bond acceptors (Lipinski definition) is 7. The highest BCUT2D eigenvalue weighted by Crippen LogP contribution is 2.33.